The molecule has 1 aromatic rings. The Morgan fingerprint density at radius 2 is 2.00 bits per heavy atom. The highest BCUT2D eigenvalue weighted by Crippen LogP contribution is 2.25. The van der Waals surface area contributed by atoms with Crippen LogP contribution in [0.3, 0.4) is 0 Å². The van der Waals surface area contributed by atoms with Crippen LogP contribution in [0, 0.1) is 0 Å². The Morgan fingerprint density at radius 3 is 2.63 bits per heavy atom. The first-order valence-corrected chi connectivity index (χ1v) is 6.54. The fourth-order valence-corrected chi connectivity index (χ4v) is 1.59. The van der Waals surface area contributed by atoms with E-state index in [1.807, 2.05) is 0 Å². The van der Waals surface area contributed by atoms with Crippen molar-refractivity contribution < 1.29 is 9.59 Å². The van der Waals surface area contributed by atoms with Crippen molar-refractivity contribution in [2.75, 3.05) is 17.2 Å². The van der Waals surface area contributed by atoms with Crippen molar-refractivity contribution in [1.29, 1.82) is 0 Å². The van der Waals surface area contributed by atoms with Crippen LogP contribution in [0.15, 0.2) is 18.2 Å². The molecule has 0 bridgehead atoms. The second kappa shape index (κ2) is 7.76. The van der Waals surface area contributed by atoms with Crippen molar-refractivity contribution in [3.05, 3.63) is 23.2 Å². The van der Waals surface area contributed by atoms with Gasteiger partial charge in [0.1, 0.15) is 0 Å². The number of benzene rings is 1. The molecule has 0 aliphatic rings. The number of hydrogen-bond acceptors (Lipinski definition) is 3. The molecule has 0 aromatic heterocycles. The summed E-state index contributed by atoms with van der Waals surface area (Å²) in [4.78, 5) is 22.9. The van der Waals surface area contributed by atoms with Crippen LogP contribution < -0.4 is 16.4 Å². The van der Waals surface area contributed by atoms with Gasteiger partial charge in [-0.3, -0.25) is 9.59 Å². The standard InChI is InChI=1S/C13H18ClN3O2/c1-2-12(18)17-11-8-9(5-6-10(11)14)16-13(19)4-3-7-15/h5-6,8H,2-4,7,15H2,1H3,(H,16,19)(H,17,18). The predicted molar refractivity (Wildman–Crippen MR) is 77.3 cm³/mol. The predicted octanol–water partition coefficient (Wildman–Crippen LogP) is 2.37. The lowest BCUT2D eigenvalue weighted by molar-refractivity contribution is -0.116. The topological polar surface area (TPSA) is 84.2 Å². The molecule has 0 unspecified atom stereocenters. The molecular weight excluding hydrogens is 266 g/mol. The van der Waals surface area contributed by atoms with Crippen molar-refractivity contribution >= 4 is 34.8 Å². The fourth-order valence-electron chi connectivity index (χ4n) is 1.42. The van der Waals surface area contributed by atoms with E-state index in [0.29, 0.717) is 42.2 Å². The first-order valence-electron chi connectivity index (χ1n) is 6.16. The molecule has 0 aliphatic heterocycles. The smallest absolute Gasteiger partial charge is 0.224 e. The van der Waals surface area contributed by atoms with Crippen LogP contribution in [0.5, 0.6) is 0 Å². The van der Waals surface area contributed by atoms with Crippen LogP contribution in [0.25, 0.3) is 0 Å². The fraction of sp³-hybridized carbons (Fsp3) is 0.385. The molecule has 0 spiro atoms. The molecule has 0 fully saturated rings. The summed E-state index contributed by atoms with van der Waals surface area (Å²) in [6, 6.07) is 4.95. The third-order valence-corrected chi connectivity index (χ3v) is 2.78. The third-order valence-electron chi connectivity index (χ3n) is 2.45. The van der Waals surface area contributed by atoms with E-state index in [1.54, 1.807) is 25.1 Å². The van der Waals surface area contributed by atoms with Crippen LogP contribution in [0.4, 0.5) is 11.4 Å². The van der Waals surface area contributed by atoms with E-state index in [9.17, 15) is 9.59 Å². The van der Waals surface area contributed by atoms with Crippen LogP contribution in [-0.4, -0.2) is 18.4 Å². The van der Waals surface area contributed by atoms with Gasteiger partial charge in [0, 0.05) is 18.5 Å². The van der Waals surface area contributed by atoms with E-state index < -0.39 is 0 Å². The van der Waals surface area contributed by atoms with Gasteiger partial charge in [0.25, 0.3) is 0 Å². The number of rotatable bonds is 6. The maximum atomic E-state index is 11.6. The molecule has 6 heteroatoms. The highest BCUT2D eigenvalue weighted by molar-refractivity contribution is 6.33. The molecule has 0 heterocycles. The Bertz CT molecular complexity index is 463. The normalized spacial score (nSPS) is 10.1. The van der Waals surface area contributed by atoms with Crippen LogP contribution in [-0.2, 0) is 9.59 Å². The van der Waals surface area contributed by atoms with Gasteiger partial charge in [-0.1, -0.05) is 18.5 Å². The summed E-state index contributed by atoms with van der Waals surface area (Å²) in [5.74, 6) is -0.242. The molecule has 0 saturated heterocycles. The Balaban J connectivity index is 2.72. The van der Waals surface area contributed by atoms with Crippen molar-refractivity contribution in [2.45, 2.75) is 26.2 Å². The lowest BCUT2D eigenvalue weighted by atomic mass is 10.2. The first-order chi connectivity index (χ1) is 9.06. The molecule has 0 radical (unpaired) electrons. The van der Waals surface area contributed by atoms with Gasteiger partial charge in [0.15, 0.2) is 0 Å². The summed E-state index contributed by atoms with van der Waals surface area (Å²) in [6.45, 7) is 2.23. The summed E-state index contributed by atoms with van der Waals surface area (Å²) >= 11 is 5.97. The second-order valence-electron chi connectivity index (χ2n) is 4.04. The number of carbonyl (C=O) groups excluding carboxylic acids is 2. The monoisotopic (exact) mass is 283 g/mol. The average molecular weight is 284 g/mol. The molecule has 5 nitrogen and oxygen atoms in total. The third kappa shape index (κ3) is 5.28. The SMILES string of the molecule is CCC(=O)Nc1cc(NC(=O)CCCN)ccc1Cl. The summed E-state index contributed by atoms with van der Waals surface area (Å²) in [6.07, 6.45) is 1.37. The van der Waals surface area contributed by atoms with Crippen LogP contribution in [0.1, 0.15) is 26.2 Å². The number of hydrogen-bond donors (Lipinski definition) is 3. The van der Waals surface area contributed by atoms with Crippen molar-refractivity contribution in [3.63, 3.8) is 0 Å². The Kier molecular flexibility index (Phi) is 6.32. The molecule has 104 valence electrons. The number of nitrogens with two attached hydrogens (primary N) is 1. The average Bonchev–Trinajstić information content (AvgIpc) is 2.40. The minimum atomic E-state index is -0.131. The highest BCUT2D eigenvalue weighted by Gasteiger charge is 2.07. The van der Waals surface area contributed by atoms with Gasteiger partial charge < -0.3 is 16.4 Å². The molecule has 4 N–H and O–H groups in total. The molecule has 0 atom stereocenters. The zero-order valence-corrected chi connectivity index (χ0v) is 11.6. The minimum Gasteiger partial charge on any atom is -0.330 e. The van der Waals surface area contributed by atoms with Gasteiger partial charge >= 0.3 is 0 Å². The van der Waals surface area contributed by atoms with Gasteiger partial charge in [-0.25, -0.2) is 0 Å². The van der Waals surface area contributed by atoms with Gasteiger partial charge in [-0.2, -0.15) is 0 Å². The van der Waals surface area contributed by atoms with Crippen molar-refractivity contribution in [2.24, 2.45) is 5.73 Å². The van der Waals surface area contributed by atoms with Crippen LogP contribution >= 0.6 is 11.6 Å². The summed E-state index contributed by atoms with van der Waals surface area (Å²) < 4.78 is 0. The summed E-state index contributed by atoms with van der Waals surface area (Å²) in [5, 5.41) is 5.84. The molecular formula is C13H18ClN3O2. The maximum Gasteiger partial charge on any atom is 0.224 e. The van der Waals surface area contributed by atoms with E-state index >= 15 is 0 Å². The maximum absolute atomic E-state index is 11.6. The van der Waals surface area contributed by atoms with E-state index in [0.717, 1.165) is 0 Å². The van der Waals surface area contributed by atoms with Gasteiger partial charge in [0.2, 0.25) is 11.8 Å². The molecule has 0 aliphatic carbocycles. The Morgan fingerprint density at radius 1 is 1.26 bits per heavy atom. The zero-order valence-electron chi connectivity index (χ0n) is 10.8. The quantitative estimate of drug-likeness (QED) is 0.749. The second-order valence-corrected chi connectivity index (χ2v) is 4.44. The minimum absolute atomic E-state index is 0.111. The molecule has 19 heavy (non-hydrogen) atoms. The number of carbonyl (C=O) groups is 2. The number of halogens is 1. The van der Waals surface area contributed by atoms with Gasteiger partial charge in [-0.15, -0.1) is 0 Å². The summed E-state index contributed by atoms with van der Waals surface area (Å²) in [5.41, 5.74) is 6.43. The largest absolute Gasteiger partial charge is 0.330 e. The number of amides is 2. The first kappa shape index (κ1) is 15.5. The lowest BCUT2D eigenvalue weighted by Crippen LogP contribution is -2.14. The highest BCUT2D eigenvalue weighted by atomic mass is 35.5. The van der Waals surface area contributed by atoms with E-state index in [4.69, 9.17) is 17.3 Å². The Labute approximate surface area is 117 Å². The van der Waals surface area contributed by atoms with E-state index in [1.165, 1.54) is 0 Å². The van der Waals surface area contributed by atoms with Crippen molar-refractivity contribution in [1.82, 2.24) is 0 Å². The van der Waals surface area contributed by atoms with Crippen molar-refractivity contribution in [3.8, 4) is 0 Å². The van der Waals surface area contributed by atoms with Crippen LogP contribution in [0.2, 0.25) is 5.02 Å². The summed E-state index contributed by atoms with van der Waals surface area (Å²) in [7, 11) is 0. The number of nitrogens with one attached hydrogen (secondary N) is 2. The van der Waals surface area contributed by atoms with Gasteiger partial charge in [-0.05, 0) is 31.2 Å². The van der Waals surface area contributed by atoms with E-state index in [2.05, 4.69) is 10.6 Å². The Hall–Kier alpha value is -1.59. The number of anilines is 2. The molecule has 1 aromatic carbocycles. The van der Waals surface area contributed by atoms with Gasteiger partial charge in [0.05, 0.1) is 10.7 Å². The molecule has 0 saturated carbocycles. The lowest BCUT2D eigenvalue weighted by Gasteiger charge is -2.10. The molecule has 1 rings (SSSR count). The zero-order chi connectivity index (χ0) is 14.3. The molecule has 2 amide bonds. The van der Waals surface area contributed by atoms with E-state index in [-0.39, 0.29) is 11.8 Å².